The van der Waals surface area contributed by atoms with Gasteiger partial charge in [-0.2, -0.15) is 8.42 Å². The summed E-state index contributed by atoms with van der Waals surface area (Å²) in [5.74, 6) is -1.29. The minimum Gasteiger partial charge on any atom is -0.455 e. The van der Waals surface area contributed by atoms with Gasteiger partial charge in [-0.05, 0) is 12.8 Å². The lowest BCUT2D eigenvalue weighted by Crippen LogP contribution is -2.61. The smallest absolute Gasteiger partial charge is 0.397 e. The minimum atomic E-state index is -4.88. The second-order valence-electron chi connectivity index (χ2n) is 12.7. The molecule has 1 fully saturated rings. The average molecular weight is 681 g/mol. The molecule has 1 rings (SSSR count). The normalized spacial score (nSPS) is 21.7. The third kappa shape index (κ3) is 21.5. The first-order valence-electron chi connectivity index (χ1n) is 18.1. The summed E-state index contributed by atoms with van der Waals surface area (Å²) in [5, 5.41) is 20.8. The van der Waals surface area contributed by atoms with E-state index >= 15 is 0 Å². The van der Waals surface area contributed by atoms with Gasteiger partial charge in [-0.15, -0.1) is 0 Å². The van der Waals surface area contributed by atoms with Crippen LogP contribution in [0.15, 0.2) is 0 Å². The summed E-state index contributed by atoms with van der Waals surface area (Å²) in [5.41, 5.74) is 0. The maximum absolute atomic E-state index is 12.8. The summed E-state index contributed by atoms with van der Waals surface area (Å²) in [6.45, 7) is 3.58. The highest BCUT2D eigenvalue weighted by Gasteiger charge is 2.49. The summed E-state index contributed by atoms with van der Waals surface area (Å²) in [4.78, 5) is 25.5. The number of aliphatic hydroxyl groups is 2. The van der Waals surface area contributed by atoms with E-state index in [4.69, 9.17) is 18.8 Å². The molecule has 1 aliphatic rings. The van der Waals surface area contributed by atoms with Crippen molar-refractivity contribution in [2.75, 3.05) is 6.61 Å². The molecule has 1 saturated heterocycles. The lowest BCUT2D eigenvalue weighted by atomic mass is 9.98. The van der Waals surface area contributed by atoms with Crippen LogP contribution < -0.4 is 0 Å². The average Bonchev–Trinajstić information content (AvgIpc) is 3.01. The van der Waals surface area contributed by atoms with Crippen molar-refractivity contribution >= 4 is 22.3 Å². The van der Waals surface area contributed by atoms with Crippen molar-refractivity contribution in [2.45, 2.75) is 199 Å². The molecule has 0 bridgehead atoms. The van der Waals surface area contributed by atoms with Crippen LogP contribution in [-0.4, -0.2) is 72.4 Å². The van der Waals surface area contributed by atoms with Crippen molar-refractivity contribution < 1.29 is 51.2 Å². The van der Waals surface area contributed by atoms with Gasteiger partial charge in [-0.3, -0.25) is 14.1 Å². The fourth-order valence-corrected chi connectivity index (χ4v) is 6.07. The van der Waals surface area contributed by atoms with Crippen molar-refractivity contribution in [3.05, 3.63) is 0 Å². The number of aliphatic hydroxyl groups excluding tert-OH is 2. The van der Waals surface area contributed by atoms with E-state index in [2.05, 4.69) is 18.0 Å². The predicted octanol–water partition coefficient (Wildman–Crippen LogP) is 7.11. The molecule has 0 saturated carbocycles. The molecule has 0 radical (unpaired) electrons. The van der Waals surface area contributed by atoms with E-state index in [0.717, 1.165) is 44.9 Å². The molecular formula is C34H64O11S. The third-order valence-electron chi connectivity index (χ3n) is 8.52. The fourth-order valence-electron chi connectivity index (χ4n) is 5.76. The molecule has 3 N–H and O–H groups in total. The van der Waals surface area contributed by atoms with Gasteiger partial charge in [0.2, 0.25) is 0 Å². The maximum Gasteiger partial charge on any atom is 0.397 e. The Morgan fingerprint density at radius 3 is 1.30 bits per heavy atom. The summed E-state index contributed by atoms with van der Waals surface area (Å²) >= 11 is 0. The molecule has 5 atom stereocenters. The molecule has 12 heteroatoms. The van der Waals surface area contributed by atoms with E-state index in [1.807, 2.05) is 0 Å². The van der Waals surface area contributed by atoms with Crippen molar-refractivity contribution in [3.8, 4) is 0 Å². The van der Waals surface area contributed by atoms with Crippen LogP contribution in [-0.2, 0) is 38.4 Å². The van der Waals surface area contributed by atoms with Crippen LogP contribution >= 0.6 is 0 Å². The van der Waals surface area contributed by atoms with Crippen molar-refractivity contribution in [2.24, 2.45) is 0 Å². The fraction of sp³-hybridized carbons (Fsp3) is 0.941. The summed E-state index contributed by atoms with van der Waals surface area (Å²) in [6, 6.07) is 0. The van der Waals surface area contributed by atoms with E-state index in [-0.39, 0.29) is 12.8 Å². The molecule has 11 nitrogen and oxygen atoms in total. The van der Waals surface area contributed by atoms with Crippen LogP contribution in [0.1, 0.15) is 168 Å². The van der Waals surface area contributed by atoms with Gasteiger partial charge in [0, 0.05) is 12.8 Å². The maximum atomic E-state index is 12.8. The molecule has 1 heterocycles. The van der Waals surface area contributed by atoms with Gasteiger partial charge in [0.15, 0.2) is 18.5 Å². The molecule has 272 valence electrons. The number of hydrogen-bond acceptors (Lipinski definition) is 10. The van der Waals surface area contributed by atoms with Gasteiger partial charge in [0.25, 0.3) is 0 Å². The van der Waals surface area contributed by atoms with Crippen LogP contribution in [0.3, 0.4) is 0 Å². The Morgan fingerprint density at radius 2 is 0.935 bits per heavy atom. The van der Waals surface area contributed by atoms with Gasteiger partial charge in [-0.1, -0.05) is 142 Å². The van der Waals surface area contributed by atoms with Gasteiger partial charge in [0.05, 0.1) is 6.61 Å². The molecule has 0 aromatic heterocycles. The molecule has 0 aromatic carbocycles. The van der Waals surface area contributed by atoms with E-state index in [9.17, 15) is 28.2 Å². The minimum absolute atomic E-state index is 0.0669. The first-order chi connectivity index (χ1) is 22.1. The highest BCUT2D eigenvalue weighted by molar-refractivity contribution is 7.80. The number of hydrogen-bond donors (Lipinski definition) is 3. The highest BCUT2D eigenvalue weighted by atomic mass is 32.3. The molecule has 0 unspecified atom stereocenters. The second kappa shape index (κ2) is 26.6. The third-order valence-corrected chi connectivity index (χ3v) is 8.95. The lowest BCUT2D eigenvalue weighted by molar-refractivity contribution is -0.292. The van der Waals surface area contributed by atoms with E-state index in [0.29, 0.717) is 12.8 Å². The summed E-state index contributed by atoms with van der Waals surface area (Å²) in [7, 11) is -4.88. The topological polar surface area (TPSA) is 166 Å². The molecular weight excluding hydrogens is 616 g/mol. The first-order valence-corrected chi connectivity index (χ1v) is 19.5. The molecule has 0 aliphatic carbocycles. The first kappa shape index (κ1) is 42.7. The Bertz CT molecular complexity index is 882. The zero-order valence-corrected chi connectivity index (χ0v) is 29.4. The van der Waals surface area contributed by atoms with Crippen LogP contribution in [0, 0.1) is 0 Å². The van der Waals surface area contributed by atoms with Crippen molar-refractivity contribution in [1.29, 1.82) is 0 Å². The number of unbranched alkanes of at least 4 members (excludes halogenated alkanes) is 20. The van der Waals surface area contributed by atoms with Crippen LogP contribution in [0.5, 0.6) is 0 Å². The van der Waals surface area contributed by atoms with Gasteiger partial charge >= 0.3 is 22.3 Å². The number of rotatable bonds is 29. The second-order valence-corrected chi connectivity index (χ2v) is 13.8. The number of esters is 2. The Balaban J connectivity index is 2.54. The standard InChI is InChI=1S/C34H64O11S/c1-3-5-7-9-11-13-15-17-19-21-23-25-29(35)44-32-28(27-42-46(39,40)41)43-34(38)31(37)33(32)45-30(36)26-24-22-20-18-16-14-12-10-8-6-4-2/h28,31-34,37-38H,3-27H2,1-2H3,(H,39,40,41)/t28-,31-,32-,33-,34+/m1/s1. The predicted molar refractivity (Wildman–Crippen MR) is 176 cm³/mol. The molecule has 0 amide bonds. The number of ether oxygens (including phenoxy) is 3. The quantitative estimate of drug-likeness (QED) is 0.0419. The largest absolute Gasteiger partial charge is 0.455 e. The number of carbonyl (C=O) groups is 2. The Hall–Kier alpha value is -1.31. The molecule has 1 aliphatic heterocycles. The van der Waals surface area contributed by atoms with Crippen LogP contribution in [0.25, 0.3) is 0 Å². The molecule has 46 heavy (non-hydrogen) atoms. The van der Waals surface area contributed by atoms with E-state index in [1.165, 1.54) is 83.5 Å². The molecule has 0 aromatic rings. The Morgan fingerprint density at radius 1 is 0.587 bits per heavy atom. The van der Waals surface area contributed by atoms with Crippen molar-refractivity contribution in [1.82, 2.24) is 0 Å². The zero-order valence-electron chi connectivity index (χ0n) is 28.6. The van der Waals surface area contributed by atoms with E-state index in [1.54, 1.807) is 0 Å². The molecule has 0 spiro atoms. The van der Waals surface area contributed by atoms with E-state index < -0.39 is 59.7 Å². The monoisotopic (exact) mass is 680 g/mol. The highest BCUT2D eigenvalue weighted by Crippen LogP contribution is 2.27. The zero-order chi connectivity index (χ0) is 34.0. The number of carbonyl (C=O) groups excluding carboxylic acids is 2. The van der Waals surface area contributed by atoms with Gasteiger partial charge < -0.3 is 24.4 Å². The SMILES string of the molecule is CCCCCCCCCCCCCC(=O)O[C@@H]1[C@@H](O)[C@@H](O)O[C@H](COS(=O)(=O)O)[C@H]1OC(=O)CCCCCCCCCCCCC. The van der Waals surface area contributed by atoms with Crippen LogP contribution in [0.4, 0.5) is 0 Å². The van der Waals surface area contributed by atoms with Gasteiger partial charge in [0.1, 0.15) is 12.2 Å². The summed E-state index contributed by atoms with van der Waals surface area (Å²) in [6.07, 6.45) is 16.6. The van der Waals surface area contributed by atoms with Gasteiger partial charge in [-0.25, -0.2) is 4.18 Å². The Labute approximate surface area is 278 Å². The Kier molecular flexibility index (Phi) is 24.7. The lowest BCUT2D eigenvalue weighted by Gasteiger charge is -2.41. The van der Waals surface area contributed by atoms with Crippen LogP contribution in [0.2, 0.25) is 0 Å². The van der Waals surface area contributed by atoms with Crippen molar-refractivity contribution in [3.63, 3.8) is 0 Å². The summed E-state index contributed by atoms with van der Waals surface area (Å²) < 4.78 is 52.1.